The quantitative estimate of drug-likeness (QED) is 0.536. The van der Waals surface area contributed by atoms with Gasteiger partial charge >= 0.3 is 0 Å². The molecule has 0 N–H and O–H groups in total. The van der Waals surface area contributed by atoms with Crippen LogP contribution in [0.1, 0.15) is 24.4 Å². The molecule has 108 valence electrons. The lowest BCUT2D eigenvalue weighted by Crippen LogP contribution is -2.23. The predicted octanol–water partition coefficient (Wildman–Crippen LogP) is 3.19. The van der Waals surface area contributed by atoms with Gasteiger partial charge in [0.15, 0.2) is 0 Å². The summed E-state index contributed by atoms with van der Waals surface area (Å²) in [5.74, 6) is 0.390. The summed E-state index contributed by atoms with van der Waals surface area (Å²) in [5.41, 5.74) is 2.06. The predicted molar refractivity (Wildman–Crippen MR) is 83.8 cm³/mol. The van der Waals surface area contributed by atoms with E-state index in [4.69, 9.17) is 0 Å². The molecule has 0 radical (unpaired) electrons. The lowest BCUT2D eigenvalue weighted by molar-refractivity contribution is -0.384. The summed E-state index contributed by atoms with van der Waals surface area (Å²) < 4.78 is 1.75. The number of nitro benzene ring substituents is 1. The van der Waals surface area contributed by atoms with E-state index in [1.165, 1.54) is 12.1 Å². The fourth-order valence-corrected chi connectivity index (χ4v) is 2.67. The molecule has 1 saturated carbocycles. The van der Waals surface area contributed by atoms with E-state index in [9.17, 15) is 14.9 Å². The van der Waals surface area contributed by atoms with Gasteiger partial charge < -0.3 is 4.57 Å². The van der Waals surface area contributed by atoms with Crippen molar-refractivity contribution in [2.75, 3.05) is 0 Å². The first-order valence-electron chi connectivity index (χ1n) is 6.72. The standard InChI is InChI=1S/C15H14N2O3S/c18-15-11(9-21)4-7-14(16(15)12-5-6-12)10-2-1-3-13(8-10)17(19)20/h1-4,7-8,12,21H,5-6,9H2. The van der Waals surface area contributed by atoms with Crippen molar-refractivity contribution in [3.63, 3.8) is 0 Å². The Balaban J connectivity index is 2.18. The summed E-state index contributed by atoms with van der Waals surface area (Å²) in [5, 5.41) is 10.9. The summed E-state index contributed by atoms with van der Waals surface area (Å²) in [6.07, 6.45) is 1.94. The van der Waals surface area contributed by atoms with Crippen LogP contribution in [-0.2, 0) is 5.75 Å². The van der Waals surface area contributed by atoms with Crippen molar-refractivity contribution in [2.45, 2.75) is 24.6 Å². The van der Waals surface area contributed by atoms with Crippen LogP contribution in [0.3, 0.4) is 0 Å². The van der Waals surface area contributed by atoms with Crippen LogP contribution < -0.4 is 5.56 Å². The molecule has 0 amide bonds. The van der Waals surface area contributed by atoms with Crippen molar-refractivity contribution in [3.8, 4) is 11.3 Å². The average Bonchev–Trinajstić information content (AvgIpc) is 3.31. The third-order valence-electron chi connectivity index (χ3n) is 3.63. The van der Waals surface area contributed by atoms with Crippen LogP contribution in [0, 0.1) is 10.1 Å². The molecule has 1 aliphatic rings. The maximum absolute atomic E-state index is 12.5. The Morgan fingerprint density at radius 1 is 1.29 bits per heavy atom. The Hall–Kier alpha value is -2.08. The van der Waals surface area contributed by atoms with Gasteiger partial charge in [-0.2, -0.15) is 12.6 Å². The molecule has 21 heavy (non-hydrogen) atoms. The summed E-state index contributed by atoms with van der Waals surface area (Å²) in [6, 6.07) is 10.2. The van der Waals surface area contributed by atoms with Gasteiger partial charge in [0, 0.05) is 35.1 Å². The van der Waals surface area contributed by atoms with Crippen LogP contribution in [0.15, 0.2) is 41.2 Å². The summed E-state index contributed by atoms with van der Waals surface area (Å²) in [7, 11) is 0. The van der Waals surface area contributed by atoms with Crippen molar-refractivity contribution >= 4 is 18.3 Å². The number of benzene rings is 1. The fraction of sp³-hybridized carbons (Fsp3) is 0.267. The molecule has 1 fully saturated rings. The highest BCUT2D eigenvalue weighted by Gasteiger charge is 2.28. The third-order valence-corrected chi connectivity index (χ3v) is 3.97. The second-order valence-corrected chi connectivity index (χ2v) is 5.43. The van der Waals surface area contributed by atoms with Crippen molar-refractivity contribution < 1.29 is 4.92 Å². The molecule has 1 aromatic heterocycles. The van der Waals surface area contributed by atoms with Crippen LogP contribution in [-0.4, -0.2) is 9.49 Å². The fourth-order valence-electron chi connectivity index (χ4n) is 2.42. The lowest BCUT2D eigenvalue weighted by Gasteiger charge is -2.13. The minimum Gasteiger partial charge on any atom is -0.305 e. The third kappa shape index (κ3) is 2.58. The van der Waals surface area contributed by atoms with Gasteiger partial charge in [0.05, 0.1) is 10.6 Å². The Morgan fingerprint density at radius 2 is 2.05 bits per heavy atom. The van der Waals surface area contributed by atoms with Gasteiger partial charge in [0.1, 0.15) is 0 Å². The van der Waals surface area contributed by atoms with Gasteiger partial charge in [-0.05, 0) is 18.9 Å². The van der Waals surface area contributed by atoms with Crippen molar-refractivity contribution in [2.24, 2.45) is 0 Å². The topological polar surface area (TPSA) is 65.1 Å². The Morgan fingerprint density at radius 3 is 2.67 bits per heavy atom. The van der Waals surface area contributed by atoms with E-state index in [2.05, 4.69) is 12.6 Å². The highest BCUT2D eigenvalue weighted by molar-refractivity contribution is 7.79. The van der Waals surface area contributed by atoms with E-state index in [1.54, 1.807) is 22.8 Å². The van der Waals surface area contributed by atoms with Crippen molar-refractivity contribution in [1.82, 2.24) is 4.57 Å². The number of nitro groups is 1. The monoisotopic (exact) mass is 302 g/mol. The number of thiol groups is 1. The van der Waals surface area contributed by atoms with E-state index in [0.29, 0.717) is 16.9 Å². The van der Waals surface area contributed by atoms with E-state index < -0.39 is 4.92 Å². The van der Waals surface area contributed by atoms with Gasteiger partial charge in [0.25, 0.3) is 11.2 Å². The number of aromatic nitrogens is 1. The Kier molecular flexibility index (Phi) is 3.55. The largest absolute Gasteiger partial charge is 0.305 e. The molecule has 2 aromatic rings. The first-order chi connectivity index (χ1) is 10.1. The number of hydrogen-bond acceptors (Lipinski definition) is 4. The van der Waals surface area contributed by atoms with Crippen LogP contribution in [0.4, 0.5) is 5.69 Å². The van der Waals surface area contributed by atoms with Crippen molar-refractivity contribution in [3.05, 3.63) is 62.4 Å². The SMILES string of the molecule is O=c1c(CS)ccc(-c2cccc([N+](=O)[O-])c2)n1C1CC1. The van der Waals surface area contributed by atoms with E-state index >= 15 is 0 Å². The maximum atomic E-state index is 12.5. The lowest BCUT2D eigenvalue weighted by atomic mass is 10.1. The second-order valence-electron chi connectivity index (χ2n) is 5.12. The number of rotatable bonds is 4. The highest BCUT2D eigenvalue weighted by atomic mass is 32.1. The smallest absolute Gasteiger partial charge is 0.270 e. The van der Waals surface area contributed by atoms with Crippen LogP contribution in [0.2, 0.25) is 0 Å². The first kappa shape index (κ1) is 13.9. The van der Waals surface area contributed by atoms with Gasteiger partial charge in [-0.3, -0.25) is 14.9 Å². The maximum Gasteiger partial charge on any atom is 0.270 e. The number of nitrogens with zero attached hydrogens (tertiary/aromatic N) is 2. The molecule has 3 rings (SSSR count). The minimum absolute atomic E-state index is 0.0283. The number of pyridine rings is 1. The van der Waals surface area contributed by atoms with Crippen LogP contribution in [0.5, 0.6) is 0 Å². The zero-order valence-corrected chi connectivity index (χ0v) is 12.1. The average molecular weight is 302 g/mol. The van der Waals surface area contributed by atoms with Gasteiger partial charge in [0.2, 0.25) is 0 Å². The number of non-ortho nitro benzene ring substituents is 1. The molecule has 0 aliphatic heterocycles. The molecule has 1 aromatic carbocycles. The molecule has 5 nitrogen and oxygen atoms in total. The summed E-state index contributed by atoms with van der Waals surface area (Å²) in [4.78, 5) is 23.0. The van der Waals surface area contributed by atoms with Gasteiger partial charge in [-0.15, -0.1) is 0 Å². The molecular formula is C15H14N2O3S. The van der Waals surface area contributed by atoms with E-state index in [0.717, 1.165) is 18.5 Å². The molecule has 0 saturated heterocycles. The zero-order valence-electron chi connectivity index (χ0n) is 11.2. The molecule has 0 unspecified atom stereocenters. The highest BCUT2D eigenvalue weighted by Crippen LogP contribution is 2.37. The van der Waals surface area contributed by atoms with Crippen LogP contribution >= 0.6 is 12.6 Å². The molecule has 1 aliphatic carbocycles. The minimum atomic E-state index is -0.425. The molecule has 6 heteroatoms. The second kappa shape index (κ2) is 5.37. The first-order valence-corrected chi connectivity index (χ1v) is 7.35. The van der Waals surface area contributed by atoms with Gasteiger partial charge in [-0.25, -0.2) is 0 Å². The molecule has 0 spiro atoms. The van der Waals surface area contributed by atoms with Crippen molar-refractivity contribution in [1.29, 1.82) is 0 Å². The number of hydrogen-bond donors (Lipinski definition) is 1. The Bertz CT molecular complexity index is 766. The Labute approximate surface area is 126 Å². The molecule has 0 atom stereocenters. The van der Waals surface area contributed by atoms with E-state index in [1.807, 2.05) is 6.07 Å². The normalized spacial score (nSPS) is 14.1. The zero-order chi connectivity index (χ0) is 15.0. The van der Waals surface area contributed by atoms with Crippen LogP contribution in [0.25, 0.3) is 11.3 Å². The van der Waals surface area contributed by atoms with E-state index in [-0.39, 0.29) is 17.3 Å². The molecular weight excluding hydrogens is 288 g/mol. The molecule has 1 heterocycles. The summed E-state index contributed by atoms with van der Waals surface area (Å²) >= 11 is 4.18. The summed E-state index contributed by atoms with van der Waals surface area (Å²) in [6.45, 7) is 0. The van der Waals surface area contributed by atoms with Gasteiger partial charge in [-0.1, -0.05) is 18.2 Å². The molecule has 0 bridgehead atoms.